The summed E-state index contributed by atoms with van der Waals surface area (Å²) in [4.78, 5) is 26.4. The van der Waals surface area contributed by atoms with Crippen LogP contribution in [0.1, 0.15) is 18.4 Å². The Kier molecular flexibility index (Phi) is 5.85. The molecule has 1 aromatic carbocycles. The summed E-state index contributed by atoms with van der Waals surface area (Å²) in [6.07, 6.45) is 2.65. The molecule has 0 amide bonds. The summed E-state index contributed by atoms with van der Waals surface area (Å²) in [5.41, 5.74) is 0.467. The van der Waals surface area contributed by atoms with Gasteiger partial charge in [0.15, 0.2) is 0 Å². The SMILES string of the molecule is COc1ccc(S(=O)(=O)NC2CCN(c3cn(C)c(=O)n(C)c3=O)CC2)cc1C. The van der Waals surface area contributed by atoms with E-state index in [0.717, 1.165) is 10.1 Å². The molecule has 2 aromatic rings. The molecule has 29 heavy (non-hydrogen) atoms. The smallest absolute Gasteiger partial charge is 0.330 e. The summed E-state index contributed by atoms with van der Waals surface area (Å²) in [6.45, 7) is 2.83. The number of anilines is 1. The molecule has 1 fully saturated rings. The maximum atomic E-state index is 12.7. The van der Waals surface area contributed by atoms with Gasteiger partial charge in [-0.05, 0) is 43.5 Å². The van der Waals surface area contributed by atoms with Crippen molar-refractivity contribution in [2.75, 3.05) is 25.1 Å². The van der Waals surface area contributed by atoms with Crippen LogP contribution in [0.5, 0.6) is 5.75 Å². The average Bonchev–Trinajstić information content (AvgIpc) is 2.69. The van der Waals surface area contributed by atoms with Crippen LogP contribution in [0.15, 0.2) is 38.9 Å². The van der Waals surface area contributed by atoms with Gasteiger partial charge < -0.3 is 14.2 Å². The lowest BCUT2D eigenvalue weighted by Crippen LogP contribution is -2.47. The van der Waals surface area contributed by atoms with Gasteiger partial charge in [0.25, 0.3) is 5.56 Å². The van der Waals surface area contributed by atoms with E-state index in [1.165, 1.54) is 23.9 Å². The van der Waals surface area contributed by atoms with Gasteiger partial charge >= 0.3 is 5.69 Å². The fraction of sp³-hybridized carbons (Fsp3) is 0.474. The van der Waals surface area contributed by atoms with E-state index in [2.05, 4.69) is 4.72 Å². The van der Waals surface area contributed by atoms with E-state index in [0.29, 0.717) is 37.4 Å². The first kappa shape index (κ1) is 21.1. The Morgan fingerprint density at radius 1 is 1.14 bits per heavy atom. The molecular weight excluding hydrogens is 396 g/mol. The van der Waals surface area contributed by atoms with Gasteiger partial charge in [-0.25, -0.2) is 17.9 Å². The highest BCUT2D eigenvalue weighted by Gasteiger charge is 2.26. The molecule has 158 valence electrons. The Hall–Kier alpha value is -2.59. The Morgan fingerprint density at radius 3 is 2.38 bits per heavy atom. The molecule has 0 bridgehead atoms. The van der Waals surface area contributed by atoms with Crippen LogP contribution < -0.4 is 25.6 Å². The van der Waals surface area contributed by atoms with Crippen LogP contribution in [-0.4, -0.2) is 43.8 Å². The van der Waals surface area contributed by atoms with Crippen LogP contribution in [0.4, 0.5) is 5.69 Å². The molecule has 1 aliphatic rings. The predicted molar refractivity (Wildman–Crippen MR) is 110 cm³/mol. The van der Waals surface area contributed by atoms with Crippen LogP contribution in [0.2, 0.25) is 0 Å². The van der Waals surface area contributed by atoms with Gasteiger partial charge in [0.05, 0.1) is 12.0 Å². The highest BCUT2D eigenvalue weighted by atomic mass is 32.2. The highest BCUT2D eigenvalue weighted by molar-refractivity contribution is 7.89. The third kappa shape index (κ3) is 4.23. The number of methoxy groups -OCH3 is 1. The van der Waals surface area contributed by atoms with Crippen molar-refractivity contribution in [1.29, 1.82) is 0 Å². The Bertz CT molecular complexity index is 1130. The third-order valence-corrected chi connectivity index (χ3v) is 6.78. The van der Waals surface area contributed by atoms with Crippen LogP contribution in [0.25, 0.3) is 0 Å². The molecule has 0 radical (unpaired) electrons. The fourth-order valence-corrected chi connectivity index (χ4v) is 4.94. The summed E-state index contributed by atoms with van der Waals surface area (Å²) in [5, 5.41) is 0. The lowest BCUT2D eigenvalue weighted by molar-refractivity contribution is 0.411. The third-order valence-electron chi connectivity index (χ3n) is 5.26. The van der Waals surface area contributed by atoms with Crippen LogP contribution in [0, 0.1) is 6.92 Å². The van der Waals surface area contributed by atoms with Gasteiger partial charge in [-0.1, -0.05) is 0 Å². The van der Waals surface area contributed by atoms with Crippen LogP contribution >= 0.6 is 0 Å². The molecule has 1 aromatic heterocycles. The molecule has 0 unspecified atom stereocenters. The fourth-order valence-electron chi connectivity index (χ4n) is 3.55. The Morgan fingerprint density at radius 2 is 1.79 bits per heavy atom. The van der Waals surface area contributed by atoms with Gasteiger partial charge in [-0.3, -0.25) is 9.36 Å². The van der Waals surface area contributed by atoms with Gasteiger partial charge in [-0.15, -0.1) is 0 Å². The van der Waals surface area contributed by atoms with Crippen LogP contribution in [-0.2, 0) is 24.1 Å². The molecule has 10 heteroatoms. The molecule has 0 atom stereocenters. The molecule has 2 heterocycles. The summed E-state index contributed by atoms with van der Waals surface area (Å²) in [7, 11) is 0.941. The predicted octanol–water partition coefficient (Wildman–Crippen LogP) is 0.348. The van der Waals surface area contributed by atoms with E-state index in [9.17, 15) is 18.0 Å². The maximum absolute atomic E-state index is 12.7. The molecule has 9 nitrogen and oxygen atoms in total. The molecule has 1 aliphatic heterocycles. The number of piperidine rings is 1. The van der Waals surface area contributed by atoms with Crippen molar-refractivity contribution in [3.8, 4) is 5.75 Å². The second kappa shape index (κ2) is 8.03. The van der Waals surface area contributed by atoms with Crippen LogP contribution in [0.3, 0.4) is 0 Å². The number of nitrogens with zero attached hydrogens (tertiary/aromatic N) is 3. The zero-order valence-corrected chi connectivity index (χ0v) is 17.8. The normalized spacial score (nSPS) is 15.5. The minimum absolute atomic E-state index is 0.199. The minimum Gasteiger partial charge on any atom is -0.496 e. The molecule has 1 N–H and O–H groups in total. The molecule has 0 saturated carbocycles. The van der Waals surface area contributed by atoms with Crippen molar-refractivity contribution in [2.24, 2.45) is 14.1 Å². The Balaban J connectivity index is 1.71. The van der Waals surface area contributed by atoms with Gasteiger partial charge in [0, 0.05) is 39.4 Å². The average molecular weight is 423 g/mol. The summed E-state index contributed by atoms with van der Waals surface area (Å²) in [6, 6.07) is 4.53. The molecule has 3 rings (SSSR count). The molecule has 0 aliphatic carbocycles. The Labute approximate surface area is 169 Å². The number of rotatable bonds is 5. The molecule has 1 saturated heterocycles. The van der Waals surface area contributed by atoms with Crippen molar-refractivity contribution in [1.82, 2.24) is 13.9 Å². The number of aryl methyl sites for hydroxylation is 2. The van der Waals surface area contributed by atoms with E-state index in [1.54, 1.807) is 33.2 Å². The quantitative estimate of drug-likeness (QED) is 0.746. The van der Waals surface area contributed by atoms with E-state index < -0.39 is 10.0 Å². The van der Waals surface area contributed by atoms with E-state index in [1.807, 2.05) is 4.90 Å². The van der Waals surface area contributed by atoms with E-state index in [4.69, 9.17) is 4.74 Å². The number of benzene rings is 1. The van der Waals surface area contributed by atoms with Crippen molar-refractivity contribution in [2.45, 2.75) is 30.7 Å². The lowest BCUT2D eigenvalue weighted by atomic mass is 10.1. The largest absolute Gasteiger partial charge is 0.496 e. The molecule has 0 spiro atoms. The monoisotopic (exact) mass is 422 g/mol. The van der Waals surface area contributed by atoms with Gasteiger partial charge in [-0.2, -0.15) is 0 Å². The van der Waals surface area contributed by atoms with E-state index >= 15 is 0 Å². The highest BCUT2D eigenvalue weighted by Crippen LogP contribution is 2.23. The van der Waals surface area contributed by atoms with Crippen molar-refractivity contribution in [3.63, 3.8) is 0 Å². The minimum atomic E-state index is -3.65. The van der Waals surface area contributed by atoms with Crippen molar-refractivity contribution >= 4 is 15.7 Å². The first-order chi connectivity index (χ1) is 13.6. The number of nitrogens with one attached hydrogen (secondary N) is 1. The molecular formula is C19H26N4O5S. The topological polar surface area (TPSA) is 103 Å². The maximum Gasteiger partial charge on any atom is 0.330 e. The number of aromatic nitrogens is 2. The number of ether oxygens (including phenoxy) is 1. The lowest BCUT2D eigenvalue weighted by Gasteiger charge is -2.33. The van der Waals surface area contributed by atoms with Crippen molar-refractivity contribution in [3.05, 3.63) is 50.8 Å². The van der Waals surface area contributed by atoms with E-state index in [-0.39, 0.29) is 22.2 Å². The second-order valence-corrected chi connectivity index (χ2v) is 9.00. The zero-order valence-electron chi connectivity index (χ0n) is 17.0. The summed E-state index contributed by atoms with van der Waals surface area (Å²) in [5.74, 6) is 0.635. The standard InChI is InChI=1S/C19H26N4O5S/c1-13-11-15(5-6-17(13)28-4)29(26,27)20-14-7-9-23(10-8-14)16-12-21(2)19(25)22(3)18(16)24/h5-6,11-12,14,20H,7-10H2,1-4H3. The first-order valence-corrected chi connectivity index (χ1v) is 10.8. The van der Waals surface area contributed by atoms with Gasteiger partial charge in [0.2, 0.25) is 10.0 Å². The summed E-state index contributed by atoms with van der Waals surface area (Å²) < 4.78 is 35.8. The van der Waals surface area contributed by atoms with Gasteiger partial charge in [0.1, 0.15) is 11.4 Å². The number of hydrogen-bond donors (Lipinski definition) is 1. The number of hydrogen-bond acceptors (Lipinski definition) is 6. The summed E-state index contributed by atoms with van der Waals surface area (Å²) >= 11 is 0. The second-order valence-electron chi connectivity index (χ2n) is 7.29. The van der Waals surface area contributed by atoms with Crippen molar-refractivity contribution < 1.29 is 13.2 Å². The first-order valence-electron chi connectivity index (χ1n) is 9.32. The zero-order chi connectivity index (χ0) is 21.3. The number of sulfonamides is 1.